The number of carbonyl (C=O) groups excluding carboxylic acids is 1. The van der Waals surface area contributed by atoms with E-state index in [0.717, 1.165) is 18.1 Å². The molecule has 0 aliphatic heterocycles. The summed E-state index contributed by atoms with van der Waals surface area (Å²) in [5.41, 5.74) is 0.940. The van der Waals surface area contributed by atoms with Crippen molar-refractivity contribution < 1.29 is 18.7 Å². The maximum absolute atomic E-state index is 13.5. The van der Waals surface area contributed by atoms with Gasteiger partial charge in [0.25, 0.3) is 0 Å². The number of benzene rings is 1. The molecule has 0 radical (unpaired) electrons. The molecule has 0 saturated heterocycles. The fraction of sp³-hybridized carbons (Fsp3) is 0.357. The zero-order valence-corrected chi connectivity index (χ0v) is 12.7. The van der Waals surface area contributed by atoms with Gasteiger partial charge in [-0.2, -0.15) is 0 Å². The molecule has 0 N–H and O–H groups in total. The molecule has 19 heavy (non-hydrogen) atoms. The topological polar surface area (TPSA) is 35.5 Å². The molecule has 0 amide bonds. The Balaban J connectivity index is 3.14. The number of rotatable bonds is 5. The summed E-state index contributed by atoms with van der Waals surface area (Å²) < 4.78 is 24.0. The van der Waals surface area contributed by atoms with Crippen molar-refractivity contribution in [3.63, 3.8) is 0 Å². The van der Waals surface area contributed by atoms with Crippen LogP contribution in [0.4, 0.5) is 4.39 Å². The lowest BCUT2D eigenvalue weighted by Crippen LogP contribution is -2.16. The Morgan fingerprint density at radius 1 is 1.53 bits per heavy atom. The molecule has 3 nitrogen and oxygen atoms in total. The molecule has 1 rings (SSSR count). The van der Waals surface area contributed by atoms with Gasteiger partial charge >= 0.3 is 5.97 Å². The van der Waals surface area contributed by atoms with E-state index in [4.69, 9.17) is 4.74 Å². The van der Waals surface area contributed by atoms with Crippen LogP contribution in [0.3, 0.4) is 0 Å². The number of methoxy groups -OCH3 is 1. The van der Waals surface area contributed by atoms with Crippen LogP contribution in [0, 0.1) is 5.82 Å². The van der Waals surface area contributed by atoms with Gasteiger partial charge in [-0.3, -0.25) is 0 Å². The number of ether oxygens (including phenoxy) is 2. The van der Waals surface area contributed by atoms with Crippen LogP contribution in [0.15, 0.2) is 28.8 Å². The predicted molar refractivity (Wildman–Crippen MR) is 75.0 cm³/mol. The molecule has 0 spiro atoms. The normalized spacial score (nSPS) is 11.8. The Kier molecular flexibility index (Phi) is 5.54. The summed E-state index contributed by atoms with van der Waals surface area (Å²) >= 11 is 3.07. The smallest absolute Gasteiger partial charge is 0.341 e. The summed E-state index contributed by atoms with van der Waals surface area (Å²) in [6.45, 7) is 7.66. The highest BCUT2D eigenvalue weighted by molar-refractivity contribution is 9.10. The second-order valence-electron chi connectivity index (χ2n) is 4.03. The van der Waals surface area contributed by atoms with Crippen LogP contribution in [-0.4, -0.2) is 19.2 Å². The summed E-state index contributed by atoms with van der Waals surface area (Å²) in [7, 11) is 1.24. The predicted octanol–water partition coefficient (Wildman–Crippen LogP) is 4.11. The van der Waals surface area contributed by atoms with Crippen molar-refractivity contribution in [2.75, 3.05) is 7.11 Å². The van der Waals surface area contributed by atoms with E-state index in [9.17, 15) is 9.18 Å². The van der Waals surface area contributed by atoms with Crippen LogP contribution in [0.25, 0.3) is 0 Å². The van der Waals surface area contributed by atoms with Gasteiger partial charge in [0.15, 0.2) is 0 Å². The van der Waals surface area contributed by atoms with E-state index in [1.165, 1.54) is 13.2 Å². The van der Waals surface area contributed by atoms with E-state index in [2.05, 4.69) is 27.2 Å². The summed E-state index contributed by atoms with van der Waals surface area (Å²) in [4.78, 5) is 11.6. The van der Waals surface area contributed by atoms with E-state index in [-0.39, 0.29) is 21.9 Å². The third-order valence-corrected chi connectivity index (χ3v) is 3.37. The van der Waals surface area contributed by atoms with Gasteiger partial charge in [-0.1, -0.05) is 13.5 Å². The lowest BCUT2D eigenvalue weighted by atomic mass is 10.1. The van der Waals surface area contributed by atoms with E-state index in [1.54, 1.807) is 0 Å². The third kappa shape index (κ3) is 3.80. The van der Waals surface area contributed by atoms with Gasteiger partial charge in [0.05, 0.1) is 11.6 Å². The molecule has 0 fully saturated rings. The first-order chi connectivity index (χ1) is 8.90. The quantitative estimate of drug-likeness (QED) is 0.602. The van der Waals surface area contributed by atoms with E-state index in [1.807, 2.05) is 13.8 Å². The minimum atomic E-state index is -0.643. The third-order valence-electron chi connectivity index (χ3n) is 2.76. The van der Waals surface area contributed by atoms with Crippen LogP contribution in [0.1, 0.15) is 30.6 Å². The molecule has 1 unspecified atom stereocenters. The molecule has 1 atom stereocenters. The van der Waals surface area contributed by atoms with E-state index >= 15 is 0 Å². The number of carbonyl (C=O) groups is 1. The van der Waals surface area contributed by atoms with Crippen LogP contribution in [-0.2, 0) is 4.74 Å². The Hall–Kier alpha value is -1.36. The molecule has 1 aromatic carbocycles. The van der Waals surface area contributed by atoms with E-state index < -0.39 is 11.8 Å². The Morgan fingerprint density at radius 2 is 2.16 bits per heavy atom. The monoisotopic (exact) mass is 330 g/mol. The largest absolute Gasteiger partial charge is 0.485 e. The standard InChI is InChI=1S/C14H16BrFO3/c1-5-8(2)9(3)19-13-7-11(15)12(16)6-10(13)14(17)18-4/h6-7,9H,2,5H2,1,3-4H3. The molecule has 0 heterocycles. The first-order valence-corrected chi connectivity index (χ1v) is 6.61. The van der Waals surface area contributed by atoms with Gasteiger partial charge < -0.3 is 9.47 Å². The number of halogens is 2. The molecule has 0 aliphatic carbocycles. The van der Waals surface area contributed by atoms with Crippen LogP contribution < -0.4 is 4.74 Å². The first kappa shape index (κ1) is 15.7. The Labute approximate surface area is 120 Å². The van der Waals surface area contributed by atoms with Crippen molar-refractivity contribution in [2.24, 2.45) is 0 Å². The molecule has 1 aromatic rings. The molecule has 5 heteroatoms. The molecule has 0 bridgehead atoms. The highest BCUT2D eigenvalue weighted by Gasteiger charge is 2.19. The Bertz CT molecular complexity index is 500. The molecule has 0 aromatic heterocycles. The first-order valence-electron chi connectivity index (χ1n) is 5.82. The van der Waals surface area contributed by atoms with Gasteiger partial charge in [0.2, 0.25) is 0 Å². The van der Waals surface area contributed by atoms with Crippen molar-refractivity contribution in [3.05, 3.63) is 40.1 Å². The fourth-order valence-electron chi connectivity index (χ4n) is 1.46. The fourth-order valence-corrected chi connectivity index (χ4v) is 1.78. The van der Waals surface area contributed by atoms with E-state index in [0.29, 0.717) is 0 Å². The zero-order chi connectivity index (χ0) is 14.6. The lowest BCUT2D eigenvalue weighted by molar-refractivity contribution is 0.0594. The van der Waals surface area contributed by atoms with Crippen LogP contribution in [0.2, 0.25) is 0 Å². The molecular weight excluding hydrogens is 315 g/mol. The highest BCUT2D eigenvalue weighted by Crippen LogP contribution is 2.29. The zero-order valence-electron chi connectivity index (χ0n) is 11.1. The summed E-state index contributed by atoms with van der Waals surface area (Å²) in [6.07, 6.45) is 0.489. The van der Waals surface area contributed by atoms with Gasteiger partial charge in [0.1, 0.15) is 23.2 Å². The summed E-state index contributed by atoms with van der Waals surface area (Å²) in [5, 5.41) is 0. The summed E-state index contributed by atoms with van der Waals surface area (Å²) in [5.74, 6) is -0.923. The number of hydrogen-bond donors (Lipinski definition) is 0. The number of esters is 1. The molecule has 104 valence electrons. The maximum Gasteiger partial charge on any atom is 0.341 e. The van der Waals surface area contributed by atoms with Gasteiger partial charge in [-0.25, -0.2) is 9.18 Å². The second-order valence-corrected chi connectivity index (χ2v) is 4.88. The van der Waals surface area contributed by atoms with Gasteiger partial charge in [-0.05, 0) is 47.0 Å². The SMILES string of the molecule is C=C(CC)C(C)Oc1cc(Br)c(F)cc1C(=O)OC. The van der Waals surface area contributed by atoms with Crippen LogP contribution in [0.5, 0.6) is 5.75 Å². The Morgan fingerprint density at radius 3 is 2.68 bits per heavy atom. The van der Waals surface area contributed by atoms with Crippen molar-refractivity contribution >= 4 is 21.9 Å². The van der Waals surface area contributed by atoms with Crippen molar-refractivity contribution in [3.8, 4) is 5.75 Å². The minimum Gasteiger partial charge on any atom is -0.485 e. The lowest BCUT2D eigenvalue weighted by Gasteiger charge is -2.18. The average molecular weight is 331 g/mol. The second kappa shape index (κ2) is 6.70. The van der Waals surface area contributed by atoms with Gasteiger partial charge in [-0.15, -0.1) is 0 Å². The van der Waals surface area contributed by atoms with Crippen molar-refractivity contribution in [1.82, 2.24) is 0 Å². The highest BCUT2D eigenvalue weighted by atomic mass is 79.9. The van der Waals surface area contributed by atoms with Gasteiger partial charge in [0, 0.05) is 0 Å². The minimum absolute atomic E-state index is 0.0546. The average Bonchev–Trinajstić information content (AvgIpc) is 2.40. The van der Waals surface area contributed by atoms with Crippen molar-refractivity contribution in [2.45, 2.75) is 26.4 Å². The maximum atomic E-state index is 13.5. The number of hydrogen-bond acceptors (Lipinski definition) is 3. The molecule has 0 aliphatic rings. The van der Waals surface area contributed by atoms with Crippen LogP contribution >= 0.6 is 15.9 Å². The summed E-state index contributed by atoms with van der Waals surface area (Å²) in [6, 6.07) is 2.51. The molecular formula is C14H16BrFO3. The molecule has 0 saturated carbocycles. The van der Waals surface area contributed by atoms with Crippen molar-refractivity contribution in [1.29, 1.82) is 0 Å².